The van der Waals surface area contributed by atoms with Crippen LogP contribution in [0.25, 0.3) is 0 Å². The number of ketones is 1. The molecule has 4 aromatic rings. The maximum atomic E-state index is 13.5. The summed E-state index contributed by atoms with van der Waals surface area (Å²) in [5.74, 6) is -1.79. The Morgan fingerprint density at radius 3 is 2.12 bits per heavy atom. The summed E-state index contributed by atoms with van der Waals surface area (Å²) in [6.45, 7) is 2.69. The smallest absolute Gasteiger partial charge is 0.262 e. The summed E-state index contributed by atoms with van der Waals surface area (Å²) in [6, 6.07) is 17.3. The van der Waals surface area contributed by atoms with Crippen LogP contribution in [-0.2, 0) is 14.4 Å². The van der Waals surface area contributed by atoms with Crippen LogP contribution >= 0.6 is 11.3 Å². The minimum absolute atomic E-state index is 0.0362. The lowest BCUT2D eigenvalue weighted by Crippen LogP contribution is -2.39. The average Bonchev–Trinajstić information content (AvgIpc) is 3.34. The van der Waals surface area contributed by atoms with Gasteiger partial charge >= 0.3 is 0 Å². The van der Waals surface area contributed by atoms with E-state index in [2.05, 4.69) is 15.6 Å². The van der Waals surface area contributed by atoms with Gasteiger partial charge in [0.2, 0.25) is 17.6 Å². The number of anilines is 5. The molecule has 3 aromatic carbocycles. The first-order valence-electron chi connectivity index (χ1n) is 12.6. The van der Waals surface area contributed by atoms with Crippen molar-refractivity contribution in [3.05, 3.63) is 89.1 Å². The first-order chi connectivity index (χ1) is 20.0. The Balaban J connectivity index is 1.41. The van der Waals surface area contributed by atoms with Gasteiger partial charge in [-0.2, -0.15) is 0 Å². The van der Waals surface area contributed by atoms with Gasteiger partial charge in [0, 0.05) is 29.5 Å². The number of nitrogens with zero attached hydrogens (tertiary/aromatic N) is 2. The minimum atomic E-state index is -0.860. The average molecular weight is 591 g/mol. The number of nitrogens with two attached hydrogens (primary N) is 2. The largest absolute Gasteiger partial charge is 0.484 e. The van der Waals surface area contributed by atoms with Crippen LogP contribution in [0.3, 0.4) is 0 Å². The van der Waals surface area contributed by atoms with E-state index in [1.165, 1.54) is 48.2 Å². The van der Waals surface area contributed by atoms with E-state index in [1.807, 2.05) is 0 Å². The molecule has 0 fully saturated rings. The molecule has 0 spiro atoms. The fourth-order valence-corrected chi connectivity index (χ4v) is 4.88. The number of aromatic nitrogens is 1. The quantitative estimate of drug-likeness (QED) is 0.189. The molecule has 1 atom stereocenters. The Morgan fingerprint density at radius 2 is 1.55 bits per heavy atom. The number of nitrogens with one attached hydrogen (secondary N) is 2. The number of carbonyl (C=O) groups excluding carboxylic acids is 4. The number of thiazole rings is 1. The van der Waals surface area contributed by atoms with Crippen molar-refractivity contribution in [1.29, 1.82) is 0 Å². The maximum absolute atomic E-state index is 13.5. The molecule has 0 aliphatic carbocycles. The van der Waals surface area contributed by atoms with Crippen molar-refractivity contribution in [2.75, 3.05) is 27.9 Å². The van der Waals surface area contributed by atoms with Crippen molar-refractivity contribution in [3.63, 3.8) is 0 Å². The van der Waals surface area contributed by atoms with Crippen LogP contribution in [0.15, 0.2) is 72.8 Å². The molecular formula is C29H27FN6O5S. The highest BCUT2D eigenvalue weighted by Gasteiger charge is 2.27. The second-order valence-corrected chi connectivity index (χ2v) is 10.1. The molecular weight excluding hydrogens is 563 g/mol. The lowest BCUT2D eigenvalue weighted by atomic mass is 10.1. The van der Waals surface area contributed by atoms with Gasteiger partial charge in [-0.05, 0) is 79.7 Å². The van der Waals surface area contributed by atoms with E-state index in [0.29, 0.717) is 28.4 Å². The van der Waals surface area contributed by atoms with E-state index in [4.69, 9.17) is 16.2 Å². The molecule has 0 saturated heterocycles. The van der Waals surface area contributed by atoms with Crippen LogP contribution in [0.1, 0.15) is 29.1 Å². The highest BCUT2D eigenvalue weighted by molar-refractivity contribution is 7.18. The van der Waals surface area contributed by atoms with Crippen molar-refractivity contribution >= 4 is 62.9 Å². The Labute approximate surface area is 244 Å². The predicted molar refractivity (Wildman–Crippen MR) is 158 cm³/mol. The summed E-state index contributed by atoms with van der Waals surface area (Å²) in [6.07, 6.45) is 0. The second-order valence-electron chi connectivity index (χ2n) is 9.08. The fraction of sp³-hybridized carbons (Fsp3) is 0.138. The van der Waals surface area contributed by atoms with Crippen molar-refractivity contribution < 1.29 is 28.3 Å². The standard InChI is InChI=1S/C29H27FN6O5S/c1-16(28(32)40)36(22-11-5-19(30)6-12-22)29-35-27(31)26(42-29)25(39)18-3-13-23(14-4-18)41-15-24(38)34-21-9-7-20(8-10-21)33-17(2)37/h3-14,16H,15,31H2,1-2H3,(H2,32,40)(H,33,37)(H,34,38). The highest BCUT2D eigenvalue weighted by Crippen LogP contribution is 2.36. The third kappa shape index (κ3) is 7.26. The molecule has 4 rings (SSSR count). The van der Waals surface area contributed by atoms with E-state index in [1.54, 1.807) is 43.3 Å². The van der Waals surface area contributed by atoms with Crippen LogP contribution in [0.4, 0.5) is 32.4 Å². The molecule has 0 aliphatic rings. The molecule has 13 heteroatoms. The Morgan fingerprint density at radius 1 is 0.952 bits per heavy atom. The summed E-state index contributed by atoms with van der Waals surface area (Å²) < 4.78 is 19.0. The van der Waals surface area contributed by atoms with Gasteiger partial charge in [0.15, 0.2) is 11.7 Å². The summed E-state index contributed by atoms with van der Waals surface area (Å²) in [5, 5.41) is 5.57. The molecule has 216 valence electrons. The maximum Gasteiger partial charge on any atom is 0.262 e. The third-order valence-electron chi connectivity index (χ3n) is 5.93. The minimum Gasteiger partial charge on any atom is -0.484 e. The number of halogens is 1. The second kappa shape index (κ2) is 12.9. The Bertz CT molecular complexity index is 1610. The van der Waals surface area contributed by atoms with Gasteiger partial charge in [-0.1, -0.05) is 11.3 Å². The van der Waals surface area contributed by atoms with Crippen LogP contribution in [0, 0.1) is 5.82 Å². The van der Waals surface area contributed by atoms with Crippen molar-refractivity contribution in [2.45, 2.75) is 19.9 Å². The topological polar surface area (TPSA) is 170 Å². The van der Waals surface area contributed by atoms with Gasteiger partial charge in [0.25, 0.3) is 5.91 Å². The molecule has 11 nitrogen and oxygen atoms in total. The van der Waals surface area contributed by atoms with Gasteiger partial charge in [0.05, 0.1) is 0 Å². The lowest BCUT2D eigenvalue weighted by Gasteiger charge is -2.26. The molecule has 1 aromatic heterocycles. The van der Waals surface area contributed by atoms with Gasteiger partial charge in [-0.3, -0.25) is 19.2 Å². The van der Waals surface area contributed by atoms with Crippen LogP contribution < -0.4 is 31.7 Å². The summed E-state index contributed by atoms with van der Waals surface area (Å²) in [7, 11) is 0. The molecule has 42 heavy (non-hydrogen) atoms. The first kappa shape index (κ1) is 29.7. The number of hydrogen-bond acceptors (Lipinski definition) is 9. The number of benzene rings is 3. The van der Waals surface area contributed by atoms with Crippen molar-refractivity contribution in [3.8, 4) is 5.75 Å². The van der Waals surface area contributed by atoms with E-state index in [0.717, 1.165) is 11.3 Å². The van der Waals surface area contributed by atoms with Gasteiger partial charge in [-0.15, -0.1) is 0 Å². The zero-order valence-corrected chi connectivity index (χ0v) is 23.4. The number of primary amides is 1. The summed E-state index contributed by atoms with van der Waals surface area (Å²) in [4.78, 5) is 54.6. The third-order valence-corrected chi connectivity index (χ3v) is 7.00. The molecule has 0 bridgehead atoms. The molecule has 0 saturated carbocycles. The van der Waals surface area contributed by atoms with E-state index >= 15 is 0 Å². The molecule has 0 radical (unpaired) electrons. The monoisotopic (exact) mass is 590 g/mol. The zero-order valence-electron chi connectivity index (χ0n) is 22.6. The summed E-state index contributed by atoms with van der Waals surface area (Å²) in [5.41, 5.74) is 13.5. The zero-order chi connectivity index (χ0) is 30.4. The van der Waals surface area contributed by atoms with E-state index in [9.17, 15) is 23.6 Å². The highest BCUT2D eigenvalue weighted by atomic mass is 32.1. The molecule has 1 heterocycles. The van der Waals surface area contributed by atoms with Gasteiger partial charge < -0.3 is 31.7 Å². The SMILES string of the molecule is CC(=O)Nc1ccc(NC(=O)COc2ccc(C(=O)c3sc(N(c4ccc(F)cc4)C(C)C(N)=O)nc3N)cc2)cc1. The number of hydrogen-bond donors (Lipinski definition) is 4. The fourth-order valence-electron chi connectivity index (χ4n) is 3.83. The molecule has 6 N–H and O–H groups in total. The van der Waals surface area contributed by atoms with Crippen LogP contribution in [-0.4, -0.2) is 41.1 Å². The number of nitrogen functional groups attached to an aromatic ring is 1. The number of rotatable bonds is 11. The van der Waals surface area contributed by atoms with E-state index < -0.39 is 29.5 Å². The van der Waals surface area contributed by atoms with Crippen LogP contribution in [0.5, 0.6) is 5.75 Å². The first-order valence-corrected chi connectivity index (χ1v) is 13.4. The van der Waals surface area contributed by atoms with Gasteiger partial charge in [0.1, 0.15) is 28.3 Å². The van der Waals surface area contributed by atoms with Crippen LogP contribution in [0.2, 0.25) is 0 Å². The molecule has 3 amide bonds. The Kier molecular flexibility index (Phi) is 9.12. The predicted octanol–water partition coefficient (Wildman–Crippen LogP) is 4.08. The molecule has 1 unspecified atom stereocenters. The summed E-state index contributed by atoms with van der Waals surface area (Å²) >= 11 is 0.972. The number of carbonyl (C=O) groups is 4. The van der Waals surface area contributed by atoms with Gasteiger partial charge in [-0.25, -0.2) is 9.37 Å². The lowest BCUT2D eigenvalue weighted by molar-refractivity contribution is -0.119. The van der Waals surface area contributed by atoms with Crippen molar-refractivity contribution in [1.82, 2.24) is 4.98 Å². The normalized spacial score (nSPS) is 11.3. The Hall–Kier alpha value is -5.30. The number of amides is 3. The molecule has 0 aliphatic heterocycles. The van der Waals surface area contributed by atoms with Crippen molar-refractivity contribution in [2.24, 2.45) is 5.73 Å². The number of ether oxygens (including phenoxy) is 1. The van der Waals surface area contributed by atoms with E-state index in [-0.39, 0.29) is 28.3 Å².